The highest BCUT2D eigenvalue weighted by Crippen LogP contribution is 2.21. The van der Waals surface area contributed by atoms with Crippen molar-refractivity contribution in [3.05, 3.63) is 49.6 Å². The Morgan fingerprint density at radius 3 is 2.89 bits per heavy atom. The summed E-state index contributed by atoms with van der Waals surface area (Å²) in [5.41, 5.74) is 1.04. The molecule has 1 aromatic heterocycles. The van der Waals surface area contributed by atoms with Crippen LogP contribution in [0, 0.1) is 6.92 Å². The topological polar surface area (TPSA) is 21.3 Å². The molecule has 0 aliphatic rings. The van der Waals surface area contributed by atoms with Crippen LogP contribution in [-0.2, 0) is 6.54 Å². The molecule has 0 amide bonds. The van der Waals surface area contributed by atoms with Crippen LogP contribution in [0.5, 0.6) is 5.75 Å². The van der Waals surface area contributed by atoms with Crippen LogP contribution in [0.4, 0.5) is 0 Å². The summed E-state index contributed by atoms with van der Waals surface area (Å²) >= 11 is 11.2. The molecule has 0 aliphatic heterocycles. The van der Waals surface area contributed by atoms with E-state index in [1.165, 1.54) is 4.88 Å². The van der Waals surface area contributed by atoms with E-state index >= 15 is 0 Å². The zero-order valence-corrected chi connectivity index (χ0v) is 13.7. The van der Waals surface area contributed by atoms with Crippen molar-refractivity contribution in [3.63, 3.8) is 0 Å². The van der Waals surface area contributed by atoms with Gasteiger partial charge < -0.3 is 10.1 Å². The van der Waals surface area contributed by atoms with Gasteiger partial charge in [0.2, 0.25) is 0 Å². The molecule has 2 rings (SSSR count). The number of nitrogens with one attached hydrogen (secondary N) is 1. The van der Waals surface area contributed by atoms with Crippen LogP contribution in [0.1, 0.15) is 10.4 Å². The van der Waals surface area contributed by atoms with Crippen LogP contribution in [0.15, 0.2) is 34.1 Å². The average Bonchev–Trinajstić information content (AvgIpc) is 2.79. The fraction of sp³-hybridized carbons (Fsp3) is 0.286. The van der Waals surface area contributed by atoms with E-state index in [1.807, 2.05) is 25.1 Å². The van der Waals surface area contributed by atoms with Crippen molar-refractivity contribution < 1.29 is 4.74 Å². The van der Waals surface area contributed by atoms with Crippen molar-refractivity contribution in [2.24, 2.45) is 0 Å². The molecule has 0 bridgehead atoms. The minimum atomic E-state index is 0.646. The fourth-order valence-corrected chi connectivity index (χ4v) is 3.14. The van der Waals surface area contributed by atoms with E-state index in [4.69, 9.17) is 16.3 Å². The molecule has 1 heterocycles. The number of ether oxygens (including phenoxy) is 1. The van der Waals surface area contributed by atoms with E-state index in [-0.39, 0.29) is 0 Å². The van der Waals surface area contributed by atoms with Crippen LogP contribution in [0.3, 0.4) is 0 Å². The molecule has 0 atom stereocenters. The van der Waals surface area contributed by atoms with Gasteiger partial charge in [0, 0.05) is 32.8 Å². The van der Waals surface area contributed by atoms with Gasteiger partial charge in [-0.2, -0.15) is 0 Å². The Hall–Kier alpha value is -0.550. The highest BCUT2D eigenvalue weighted by atomic mass is 79.9. The molecule has 5 heteroatoms. The lowest BCUT2D eigenvalue weighted by Gasteiger charge is -2.08. The molecule has 2 aromatic rings. The molecule has 0 radical (unpaired) electrons. The molecular formula is C14H15BrClNOS. The molecule has 0 unspecified atom stereocenters. The van der Waals surface area contributed by atoms with Gasteiger partial charge in [0.05, 0.1) is 0 Å². The van der Waals surface area contributed by atoms with E-state index in [0.29, 0.717) is 6.61 Å². The zero-order valence-electron chi connectivity index (χ0n) is 10.6. The Morgan fingerprint density at radius 2 is 2.21 bits per heavy atom. The molecule has 0 fully saturated rings. The molecule has 102 valence electrons. The Labute approximate surface area is 130 Å². The van der Waals surface area contributed by atoms with E-state index in [0.717, 1.165) is 33.9 Å². The van der Waals surface area contributed by atoms with Crippen LogP contribution >= 0.6 is 38.9 Å². The Morgan fingerprint density at radius 1 is 1.37 bits per heavy atom. The van der Waals surface area contributed by atoms with Gasteiger partial charge in [0.1, 0.15) is 12.4 Å². The van der Waals surface area contributed by atoms with E-state index in [9.17, 15) is 0 Å². The van der Waals surface area contributed by atoms with Crippen LogP contribution in [0.25, 0.3) is 0 Å². The van der Waals surface area contributed by atoms with Gasteiger partial charge in [-0.05, 0) is 52.7 Å². The lowest BCUT2D eigenvalue weighted by atomic mass is 10.2. The normalized spacial score (nSPS) is 10.7. The second-order valence-electron chi connectivity index (χ2n) is 4.17. The summed E-state index contributed by atoms with van der Waals surface area (Å²) in [6.45, 7) is 4.31. The summed E-state index contributed by atoms with van der Waals surface area (Å²) in [6.07, 6.45) is 0. The van der Waals surface area contributed by atoms with Crippen LogP contribution in [-0.4, -0.2) is 13.2 Å². The molecule has 2 nitrogen and oxygen atoms in total. The number of thiophene rings is 1. The maximum absolute atomic E-state index is 5.96. The third kappa shape index (κ3) is 4.80. The first-order valence-corrected chi connectivity index (χ1v) is 8.03. The fourth-order valence-electron chi connectivity index (χ4n) is 1.61. The lowest BCUT2D eigenvalue weighted by molar-refractivity contribution is 0.313. The Bertz CT molecular complexity index is 544. The van der Waals surface area contributed by atoms with Gasteiger partial charge in [-0.3, -0.25) is 0 Å². The third-order valence-corrected chi connectivity index (χ3v) is 4.72. The van der Waals surface area contributed by atoms with E-state index in [2.05, 4.69) is 32.7 Å². The lowest BCUT2D eigenvalue weighted by Crippen LogP contribution is -2.20. The summed E-state index contributed by atoms with van der Waals surface area (Å²) in [5, 5.41) is 6.21. The second kappa shape index (κ2) is 7.29. The Kier molecular flexibility index (Phi) is 5.70. The Balaban J connectivity index is 1.67. The average molecular weight is 361 g/mol. The van der Waals surface area contributed by atoms with Gasteiger partial charge >= 0.3 is 0 Å². The molecule has 0 aliphatic carbocycles. The van der Waals surface area contributed by atoms with Crippen molar-refractivity contribution in [2.75, 3.05) is 13.2 Å². The summed E-state index contributed by atoms with van der Waals surface area (Å²) in [4.78, 5) is 1.31. The molecule has 1 N–H and O–H groups in total. The molecule has 0 saturated heterocycles. The molecule has 0 saturated carbocycles. The maximum atomic E-state index is 5.96. The largest absolute Gasteiger partial charge is 0.492 e. The molecule has 0 spiro atoms. The maximum Gasteiger partial charge on any atom is 0.119 e. The predicted octanol–water partition coefficient (Wildman–Crippen LogP) is 4.64. The first-order chi connectivity index (χ1) is 9.15. The minimum Gasteiger partial charge on any atom is -0.492 e. The first kappa shape index (κ1) is 14.9. The zero-order chi connectivity index (χ0) is 13.7. The number of aryl methyl sites for hydroxylation is 1. The third-order valence-electron chi connectivity index (χ3n) is 2.60. The summed E-state index contributed by atoms with van der Waals surface area (Å²) in [7, 11) is 0. The van der Waals surface area contributed by atoms with Crippen molar-refractivity contribution in [1.82, 2.24) is 5.32 Å². The highest BCUT2D eigenvalue weighted by molar-refractivity contribution is 9.10. The summed E-state index contributed by atoms with van der Waals surface area (Å²) < 4.78 is 6.80. The molecule has 1 aromatic carbocycles. The number of halogens is 2. The minimum absolute atomic E-state index is 0.646. The SMILES string of the molecule is Cc1cc(OCCNCc2cc(Br)cs2)ccc1Cl. The number of hydrogen-bond acceptors (Lipinski definition) is 3. The van der Waals surface area contributed by atoms with Crippen molar-refractivity contribution >= 4 is 38.9 Å². The quantitative estimate of drug-likeness (QED) is 0.758. The highest BCUT2D eigenvalue weighted by Gasteiger charge is 1.99. The summed E-state index contributed by atoms with van der Waals surface area (Å²) in [5.74, 6) is 0.863. The summed E-state index contributed by atoms with van der Waals surface area (Å²) in [6, 6.07) is 7.84. The van der Waals surface area contributed by atoms with Crippen molar-refractivity contribution in [3.8, 4) is 5.75 Å². The predicted molar refractivity (Wildman–Crippen MR) is 85.4 cm³/mol. The van der Waals surface area contributed by atoms with Crippen LogP contribution < -0.4 is 10.1 Å². The first-order valence-electron chi connectivity index (χ1n) is 5.98. The monoisotopic (exact) mass is 359 g/mol. The number of hydrogen-bond donors (Lipinski definition) is 1. The molecular weight excluding hydrogens is 346 g/mol. The standard InChI is InChI=1S/C14H15BrClNOS/c1-10-6-12(2-3-14(10)16)18-5-4-17-8-13-7-11(15)9-19-13/h2-3,6-7,9,17H,4-5,8H2,1H3. The number of rotatable bonds is 6. The smallest absolute Gasteiger partial charge is 0.119 e. The van der Waals surface area contributed by atoms with Gasteiger partial charge in [-0.25, -0.2) is 0 Å². The van der Waals surface area contributed by atoms with E-state index < -0.39 is 0 Å². The van der Waals surface area contributed by atoms with Crippen LogP contribution in [0.2, 0.25) is 5.02 Å². The van der Waals surface area contributed by atoms with Gasteiger partial charge in [-0.15, -0.1) is 11.3 Å². The van der Waals surface area contributed by atoms with Gasteiger partial charge in [-0.1, -0.05) is 11.6 Å². The second-order valence-corrected chi connectivity index (χ2v) is 6.49. The van der Waals surface area contributed by atoms with Gasteiger partial charge in [0.15, 0.2) is 0 Å². The van der Waals surface area contributed by atoms with Crippen molar-refractivity contribution in [1.29, 1.82) is 0 Å². The van der Waals surface area contributed by atoms with Gasteiger partial charge in [0.25, 0.3) is 0 Å². The van der Waals surface area contributed by atoms with E-state index in [1.54, 1.807) is 11.3 Å². The van der Waals surface area contributed by atoms with Crippen molar-refractivity contribution in [2.45, 2.75) is 13.5 Å². The number of benzene rings is 1. The molecule has 19 heavy (non-hydrogen) atoms.